The van der Waals surface area contributed by atoms with Crippen LogP contribution in [0.5, 0.6) is 0 Å². The summed E-state index contributed by atoms with van der Waals surface area (Å²) < 4.78 is 13.3. The minimum absolute atomic E-state index is 0.608. The van der Waals surface area contributed by atoms with Gasteiger partial charge in [-0.2, -0.15) is 0 Å². The summed E-state index contributed by atoms with van der Waals surface area (Å²) in [6, 6.07) is 0.738. The average Bonchev–Trinajstić information content (AvgIpc) is 2.25. The maximum atomic E-state index is 13.3. The summed E-state index contributed by atoms with van der Waals surface area (Å²) in [4.78, 5) is 2.57. The Kier molecular flexibility index (Phi) is 5.72. The number of rotatable bonds is 1. The van der Waals surface area contributed by atoms with Crippen LogP contribution < -0.4 is 0 Å². The molecule has 17 heavy (non-hydrogen) atoms. The van der Waals surface area contributed by atoms with Crippen LogP contribution in [0.2, 0.25) is 0 Å². The van der Waals surface area contributed by atoms with Gasteiger partial charge in [-0.25, -0.2) is 0 Å². The third-order valence-electron chi connectivity index (χ3n) is 4.32. The Morgan fingerprint density at radius 3 is 2.06 bits per heavy atom. The third-order valence-corrected chi connectivity index (χ3v) is 4.32. The Morgan fingerprint density at radius 2 is 1.29 bits per heavy atom. The molecule has 0 radical (unpaired) electrons. The molecule has 1 saturated carbocycles. The van der Waals surface area contributed by atoms with Gasteiger partial charge in [0.15, 0.2) is 0 Å². The van der Waals surface area contributed by atoms with E-state index in [9.17, 15) is 4.48 Å². The molecular weight excluding hydrogens is 215 g/mol. The quantitative estimate of drug-likeness (QED) is 0.650. The van der Waals surface area contributed by atoms with Crippen LogP contribution >= 0.6 is 0 Å². The summed E-state index contributed by atoms with van der Waals surface area (Å²) in [6.07, 6.45) is 11.8. The molecule has 0 unspecified atom stereocenters. The lowest BCUT2D eigenvalue weighted by Gasteiger charge is -2.35. The van der Waals surface area contributed by atoms with Crippen molar-refractivity contribution in [1.29, 1.82) is 0 Å². The van der Waals surface area contributed by atoms with Gasteiger partial charge in [-0.3, -0.25) is 4.90 Å². The van der Waals surface area contributed by atoms with Gasteiger partial charge >= 0.3 is 0 Å². The third kappa shape index (κ3) is 4.55. The molecule has 2 nitrogen and oxygen atoms in total. The van der Waals surface area contributed by atoms with Crippen LogP contribution in [0.15, 0.2) is 0 Å². The van der Waals surface area contributed by atoms with E-state index in [1.54, 1.807) is 0 Å². The Morgan fingerprint density at radius 1 is 0.647 bits per heavy atom. The molecule has 3 heteroatoms. The first-order chi connectivity index (χ1) is 8.36. The molecule has 2 aliphatic rings. The van der Waals surface area contributed by atoms with E-state index in [4.69, 9.17) is 0 Å². The first-order valence-corrected chi connectivity index (χ1v) is 7.51. The molecular formula is C14H27FN2. The highest BCUT2D eigenvalue weighted by molar-refractivity contribution is 4.76. The van der Waals surface area contributed by atoms with Gasteiger partial charge in [0.1, 0.15) is 0 Å². The highest BCUT2D eigenvalue weighted by Gasteiger charge is 2.21. The molecule has 1 heterocycles. The predicted octanol–water partition coefficient (Wildman–Crippen LogP) is 3.38. The highest BCUT2D eigenvalue weighted by atomic mass is 19.2. The fraction of sp³-hybridized carbons (Fsp3) is 1.00. The van der Waals surface area contributed by atoms with Crippen LogP contribution in [-0.4, -0.2) is 42.2 Å². The Labute approximate surface area is 105 Å². The van der Waals surface area contributed by atoms with Crippen molar-refractivity contribution in [3.8, 4) is 0 Å². The van der Waals surface area contributed by atoms with E-state index in [1.807, 2.05) is 0 Å². The van der Waals surface area contributed by atoms with Crippen molar-refractivity contribution in [3.63, 3.8) is 0 Å². The van der Waals surface area contributed by atoms with Crippen molar-refractivity contribution in [1.82, 2.24) is 10.0 Å². The van der Waals surface area contributed by atoms with Crippen molar-refractivity contribution in [2.75, 3.05) is 26.2 Å². The van der Waals surface area contributed by atoms with Gasteiger partial charge in [0.2, 0.25) is 0 Å². The van der Waals surface area contributed by atoms with E-state index in [2.05, 4.69) is 4.90 Å². The van der Waals surface area contributed by atoms with Crippen molar-refractivity contribution in [3.05, 3.63) is 0 Å². The summed E-state index contributed by atoms with van der Waals surface area (Å²) in [5.41, 5.74) is 0. The Balaban J connectivity index is 1.83. The topological polar surface area (TPSA) is 6.48 Å². The summed E-state index contributed by atoms with van der Waals surface area (Å²) >= 11 is 0. The maximum absolute atomic E-state index is 13.3. The van der Waals surface area contributed by atoms with Gasteiger partial charge in [-0.05, 0) is 32.2 Å². The Hall–Kier alpha value is -0.150. The molecule has 0 N–H and O–H groups in total. The molecule has 1 aliphatic carbocycles. The normalized spacial score (nSPS) is 28.1. The van der Waals surface area contributed by atoms with E-state index < -0.39 is 0 Å². The van der Waals surface area contributed by atoms with Crippen molar-refractivity contribution < 1.29 is 4.48 Å². The van der Waals surface area contributed by atoms with E-state index in [0.29, 0.717) is 13.1 Å². The van der Waals surface area contributed by atoms with Gasteiger partial charge in [0.25, 0.3) is 0 Å². The first-order valence-electron chi connectivity index (χ1n) is 7.51. The largest absolute Gasteiger partial charge is 0.299 e. The molecule has 0 spiro atoms. The lowest BCUT2D eigenvalue weighted by atomic mass is 9.95. The molecule has 0 aromatic rings. The SMILES string of the molecule is FN1CCCCN(C2CCCCCCC2)CC1. The van der Waals surface area contributed by atoms with Gasteiger partial charge < -0.3 is 0 Å². The molecule has 0 atom stereocenters. The zero-order valence-electron chi connectivity index (χ0n) is 11.0. The molecule has 0 bridgehead atoms. The summed E-state index contributed by atoms with van der Waals surface area (Å²) in [6.45, 7) is 3.37. The monoisotopic (exact) mass is 242 g/mol. The fourth-order valence-corrected chi connectivity index (χ4v) is 3.22. The fourth-order valence-electron chi connectivity index (χ4n) is 3.22. The van der Waals surface area contributed by atoms with Crippen molar-refractivity contribution in [2.24, 2.45) is 0 Å². The molecule has 0 amide bonds. The van der Waals surface area contributed by atoms with Crippen LogP contribution in [-0.2, 0) is 0 Å². The zero-order valence-corrected chi connectivity index (χ0v) is 11.0. The maximum Gasteiger partial charge on any atom is 0.0418 e. The molecule has 2 rings (SSSR count). The van der Waals surface area contributed by atoms with Gasteiger partial charge in [-0.15, -0.1) is 9.60 Å². The second-order valence-corrected chi connectivity index (χ2v) is 5.65. The lowest BCUT2D eigenvalue weighted by molar-refractivity contribution is -0.00377. The van der Waals surface area contributed by atoms with E-state index in [-0.39, 0.29) is 0 Å². The molecule has 1 aliphatic heterocycles. The minimum atomic E-state index is 0.608. The first kappa shape index (κ1) is 13.3. The molecule has 0 aromatic heterocycles. The predicted molar refractivity (Wildman–Crippen MR) is 69.6 cm³/mol. The number of nitrogens with zero attached hydrogens (tertiary/aromatic N) is 2. The van der Waals surface area contributed by atoms with E-state index in [0.717, 1.165) is 30.6 Å². The smallest absolute Gasteiger partial charge is 0.0418 e. The van der Waals surface area contributed by atoms with E-state index >= 15 is 0 Å². The van der Waals surface area contributed by atoms with Gasteiger partial charge in [-0.1, -0.05) is 32.1 Å². The molecule has 100 valence electrons. The van der Waals surface area contributed by atoms with Gasteiger partial charge in [0, 0.05) is 25.7 Å². The lowest BCUT2D eigenvalue weighted by Crippen LogP contribution is -2.42. The second-order valence-electron chi connectivity index (χ2n) is 5.65. The van der Waals surface area contributed by atoms with Crippen LogP contribution in [0.25, 0.3) is 0 Å². The summed E-state index contributed by atoms with van der Waals surface area (Å²) in [5, 5.41) is 1.01. The van der Waals surface area contributed by atoms with Gasteiger partial charge in [0.05, 0.1) is 0 Å². The summed E-state index contributed by atoms with van der Waals surface area (Å²) in [7, 11) is 0. The zero-order chi connectivity index (χ0) is 11.9. The molecule has 2 fully saturated rings. The average molecular weight is 242 g/mol. The van der Waals surface area contributed by atoms with E-state index in [1.165, 1.54) is 51.5 Å². The second kappa shape index (κ2) is 7.32. The van der Waals surface area contributed by atoms with Crippen molar-refractivity contribution >= 4 is 0 Å². The Bertz CT molecular complexity index is 202. The molecule has 1 saturated heterocycles. The van der Waals surface area contributed by atoms with Crippen LogP contribution in [0.3, 0.4) is 0 Å². The van der Waals surface area contributed by atoms with Crippen LogP contribution in [0, 0.1) is 0 Å². The van der Waals surface area contributed by atoms with Crippen molar-refractivity contribution in [2.45, 2.75) is 63.8 Å². The molecule has 0 aromatic carbocycles. The highest BCUT2D eigenvalue weighted by Crippen LogP contribution is 2.22. The number of halogens is 1. The van der Waals surface area contributed by atoms with Crippen LogP contribution in [0.4, 0.5) is 4.48 Å². The minimum Gasteiger partial charge on any atom is -0.299 e. The number of hydrogen-bond acceptors (Lipinski definition) is 2. The summed E-state index contributed by atoms with van der Waals surface area (Å²) in [5.74, 6) is 0. The number of hydrogen-bond donors (Lipinski definition) is 0. The standard InChI is InChI=1S/C14H27FN2/c15-17-11-7-6-10-16(12-13-17)14-8-4-2-1-3-5-9-14/h14H,1-13H2. The van der Waals surface area contributed by atoms with Crippen LogP contribution in [0.1, 0.15) is 57.8 Å².